The molecule has 0 aliphatic heterocycles. The third-order valence-electron chi connectivity index (χ3n) is 3.57. The second-order valence-corrected chi connectivity index (χ2v) is 7.37. The predicted molar refractivity (Wildman–Crippen MR) is 92.7 cm³/mol. The van der Waals surface area contributed by atoms with Gasteiger partial charge in [0.15, 0.2) is 9.84 Å². The van der Waals surface area contributed by atoms with Crippen molar-refractivity contribution in [1.29, 1.82) is 0 Å². The summed E-state index contributed by atoms with van der Waals surface area (Å²) in [7, 11) is -2.37. The normalized spacial score (nSPS) is 11.3. The molecular formula is C18H15NO5S. The number of ether oxygens (including phenoxy) is 2. The average molecular weight is 357 g/mol. The number of nitrogens with zero attached hydrogens (tertiary/aromatic N) is 1. The van der Waals surface area contributed by atoms with Crippen molar-refractivity contribution in [2.45, 2.75) is 4.90 Å². The smallest absolute Gasteiger partial charge is 0.337 e. The number of carbonyl (C=O) groups excluding carboxylic acids is 1. The molecule has 128 valence electrons. The highest BCUT2D eigenvalue weighted by atomic mass is 32.2. The summed E-state index contributed by atoms with van der Waals surface area (Å²) in [6, 6.07) is 13.1. The zero-order valence-corrected chi connectivity index (χ0v) is 14.4. The SMILES string of the molecule is COC(=O)c1ccc(Oc2ccc3ncccc3c2)c(S(C)(=O)=O)c1. The quantitative estimate of drug-likeness (QED) is 0.667. The van der Waals surface area contributed by atoms with Gasteiger partial charge in [-0.15, -0.1) is 0 Å². The summed E-state index contributed by atoms with van der Waals surface area (Å²) in [5.41, 5.74) is 0.942. The van der Waals surface area contributed by atoms with Gasteiger partial charge in [0.1, 0.15) is 16.4 Å². The number of esters is 1. The summed E-state index contributed by atoms with van der Waals surface area (Å²) < 4.78 is 34.5. The van der Waals surface area contributed by atoms with Crippen LogP contribution in [0, 0.1) is 0 Å². The molecule has 3 rings (SSSR count). The fourth-order valence-electron chi connectivity index (χ4n) is 2.37. The van der Waals surface area contributed by atoms with Crippen LogP contribution in [0.5, 0.6) is 11.5 Å². The topological polar surface area (TPSA) is 82.6 Å². The van der Waals surface area contributed by atoms with E-state index in [-0.39, 0.29) is 16.2 Å². The van der Waals surface area contributed by atoms with Gasteiger partial charge in [-0.05, 0) is 42.5 Å². The molecule has 0 N–H and O–H groups in total. The van der Waals surface area contributed by atoms with Gasteiger partial charge in [-0.3, -0.25) is 4.98 Å². The lowest BCUT2D eigenvalue weighted by molar-refractivity contribution is 0.0600. The zero-order chi connectivity index (χ0) is 18.0. The molecule has 0 amide bonds. The molecule has 7 heteroatoms. The van der Waals surface area contributed by atoms with E-state index in [0.717, 1.165) is 17.2 Å². The molecule has 0 spiro atoms. The first-order valence-electron chi connectivity index (χ1n) is 7.33. The highest BCUT2D eigenvalue weighted by Crippen LogP contribution is 2.31. The maximum absolute atomic E-state index is 12.1. The fraction of sp³-hybridized carbons (Fsp3) is 0.111. The van der Waals surface area contributed by atoms with E-state index in [1.807, 2.05) is 6.07 Å². The van der Waals surface area contributed by atoms with E-state index in [2.05, 4.69) is 9.72 Å². The van der Waals surface area contributed by atoms with Crippen LogP contribution < -0.4 is 4.74 Å². The Morgan fingerprint density at radius 3 is 2.60 bits per heavy atom. The van der Waals surface area contributed by atoms with Crippen molar-refractivity contribution in [2.75, 3.05) is 13.4 Å². The maximum Gasteiger partial charge on any atom is 0.337 e. The van der Waals surface area contributed by atoms with Gasteiger partial charge in [0.2, 0.25) is 0 Å². The van der Waals surface area contributed by atoms with E-state index < -0.39 is 15.8 Å². The molecule has 2 aromatic carbocycles. The Morgan fingerprint density at radius 2 is 1.88 bits per heavy atom. The van der Waals surface area contributed by atoms with Crippen molar-refractivity contribution in [3.63, 3.8) is 0 Å². The lowest BCUT2D eigenvalue weighted by Gasteiger charge is -2.12. The Balaban J connectivity index is 2.04. The van der Waals surface area contributed by atoms with Crippen molar-refractivity contribution < 1.29 is 22.7 Å². The molecule has 25 heavy (non-hydrogen) atoms. The molecule has 0 aliphatic carbocycles. The Kier molecular flexibility index (Phi) is 4.41. The summed E-state index contributed by atoms with van der Waals surface area (Å²) in [5.74, 6) is -0.0113. The van der Waals surface area contributed by atoms with Crippen molar-refractivity contribution in [2.24, 2.45) is 0 Å². The van der Waals surface area contributed by atoms with Crippen LogP contribution in [0.15, 0.2) is 59.6 Å². The lowest BCUT2D eigenvalue weighted by atomic mass is 10.2. The maximum atomic E-state index is 12.1. The van der Waals surface area contributed by atoms with Gasteiger partial charge in [0, 0.05) is 17.8 Å². The Morgan fingerprint density at radius 1 is 1.08 bits per heavy atom. The number of methoxy groups -OCH3 is 1. The molecule has 0 saturated heterocycles. The third-order valence-corrected chi connectivity index (χ3v) is 4.68. The Labute approximate surface area is 144 Å². The molecule has 0 saturated carbocycles. The lowest BCUT2D eigenvalue weighted by Crippen LogP contribution is -2.06. The molecular weight excluding hydrogens is 342 g/mol. The minimum Gasteiger partial charge on any atom is -0.465 e. The van der Waals surface area contributed by atoms with Crippen LogP contribution in [-0.2, 0) is 14.6 Å². The highest BCUT2D eigenvalue weighted by Gasteiger charge is 2.19. The van der Waals surface area contributed by atoms with Gasteiger partial charge in [-0.1, -0.05) is 6.07 Å². The molecule has 0 radical (unpaired) electrons. The summed E-state index contributed by atoms with van der Waals surface area (Å²) in [6.07, 6.45) is 2.75. The summed E-state index contributed by atoms with van der Waals surface area (Å²) in [6.45, 7) is 0. The molecule has 0 bridgehead atoms. The average Bonchev–Trinajstić information content (AvgIpc) is 2.60. The molecule has 0 atom stereocenters. The van der Waals surface area contributed by atoms with Crippen LogP contribution in [0.2, 0.25) is 0 Å². The molecule has 0 aliphatic rings. The zero-order valence-electron chi connectivity index (χ0n) is 13.6. The van der Waals surface area contributed by atoms with Gasteiger partial charge in [-0.2, -0.15) is 0 Å². The van der Waals surface area contributed by atoms with Gasteiger partial charge in [-0.25, -0.2) is 13.2 Å². The second kappa shape index (κ2) is 6.52. The van der Waals surface area contributed by atoms with Gasteiger partial charge in [0.25, 0.3) is 0 Å². The number of pyridine rings is 1. The van der Waals surface area contributed by atoms with Gasteiger partial charge < -0.3 is 9.47 Å². The van der Waals surface area contributed by atoms with Crippen molar-refractivity contribution >= 4 is 26.7 Å². The number of hydrogen-bond acceptors (Lipinski definition) is 6. The van der Waals surface area contributed by atoms with Crippen molar-refractivity contribution in [3.05, 3.63) is 60.3 Å². The van der Waals surface area contributed by atoms with E-state index in [9.17, 15) is 13.2 Å². The summed E-state index contributed by atoms with van der Waals surface area (Å²) in [5, 5.41) is 0.868. The summed E-state index contributed by atoms with van der Waals surface area (Å²) >= 11 is 0. The number of benzene rings is 2. The minimum atomic E-state index is -3.61. The van der Waals surface area contributed by atoms with Crippen LogP contribution in [0.1, 0.15) is 10.4 Å². The molecule has 3 aromatic rings. The standard InChI is InChI=1S/C18H15NO5S/c1-23-18(20)13-5-8-16(17(11-13)25(2,21)22)24-14-6-7-15-12(10-14)4-3-9-19-15/h3-11H,1-2H3. The summed E-state index contributed by atoms with van der Waals surface area (Å²) in [4.78, 5) is 15.8. The first kappa shape index (κ1) is 16.9. The van der Waals surface area contributed by atoms with E-state index in [1.54, 1.807) is 30.5 Å². The van der Waals surface area contributed by atoms with Crippen LogP contribution in [0.4, 0.5) is 0 Å². The van der Waals surface area contributed by atoms with E-state index in [1.165, 1.54) is 25.3 Å². The number of fused-ring (bicyclic) bond motifs is 1. The number of carbonyl (C=O) groups is 1. The van der Waals surface area contributed by atoms with Crippen molar-refractivity contribution in [3.8, 4) is 11.5 Å². The van der Waals surface area contributed by atoms with E-state index in [4.69, 9.17) is 4.74 Å². The van der Waals surface area contributed by atoms with Gasteiger partial charge in [0.05, 0.1) is 18.2 Å². The predicted octanol–water partition coefficient (Wildman–Crippen LogP) is 3.22. The third kappa shape index (κ3) is 3.61. The van der Waals surface area contributed by atoms with Crippen LogP contribution in [-0.4, -0.2) is 32.7 Å². The van der Waals surface area contributed by atoms with Crippen molar-refractivity contribution in [1.82, 2.24) is 4.98 Å². The molecule has 1 aromatic heterocycles. The van der Waals surface area contributed by atoms with Crippen LogP contribution in [0.3, 0.4) is 0 Å². The number of rotatable bonds is 4. The Hall–Kier alpha value is -2.93. The van der Waals surface area contributed by atoms with Crippen LogP contribution in [0.25, 0.3) is 10.9 Å². The monoisotopic (exact) mass is 357 g/mol. The molecule has 0 fully saturated rings. The minimum absolute atomic E-state index is 0.0818. The number of aromatic nitrogens is 1. The van der Waals surface area contributed by atoms with Gasteiger partial charge >= 0.3 is 5.97 Å². The largest absolute Gasteiger partial charge is 0.465 e. The first-order chi connectivity index (χ1) is 11.9. The molecule has 1 heterocycles. The molecule has 6 nitrogen and oxygen atoms in total. The van der Waals surface area contributed by atoms with E-state index >= 15 is 0 Å². The Bertz CT molecular complexity index is 1060. The van der Waals surface area contributed by atoms with E-state index in [0.29, 0.717) is 5.75 Å². The molecule has 0 unspecified atom stereocenters. The first-order valence-corrected chi connectivity index (χ1v) is 9.23. The number of sulfone groups is 1. The van der Waals surface area contributed by atoms with Crippen LogP contribution >= 0.6 is 0 Å². The highest BCUT2D eigenvalue weighted by molar-refractivity contribution is 7.90. The fourth-order valence-corrected chi connectivity index (χ4v) is 3.19. The number of hydrogen-bond donors (Lipinski definition) is 0. The second-order valence-electron chi connectivity index (χ2n) is 5.39.